The fourth-order valence-corrected chi connectivity index (χ4v) is 3.13. The van der Waals surface area contributed by atoms with Crippen LogP contribution in [0.2, 0.25) is 0 Å². The molecule has 1 aromatic carbocycles. The van der Waals surface area contributed by atoms with E-state index in [-0.39, 0.29) is 19.3 Å². The highest BCUT2D eigenvalue weighted by molar-refractivity contribution is 5.78. The Kier molecular flexibility index (Phi) is 4.79. The van der Waals surface area contributed by atoms with Gasteiger partial charge >= 0.3 is 0 Å². The number of aromatic nitrogens is 4. The van der Waals surface area contributed by atoms with Crippen molar-refractivity contribution in [2.75, 3.05) is 0 Å². The monoisotopic (exact) mass is 382 g/mol. The largest absolute Gasteiger partial charge is 0.488 e. The molecule has 0 atom stereocenters. The van der Waals surface area contributed by atoms with Gasteiger partial charge < -0.3 is 14.3 Å². The van der Waals surface area contributed by atoms with Crippen LogP contribution in [0.15, 0.2) is 47.5 Å². The van der Waals surface area contributed by atoms with Crippen LogP contribution < -0.4 is 4.74 Å². The first-order valence-electron chi connectivity index (χ1n) is 8.86. The lowest BCUT2D eigenvalue weighted by molar-refractivity contribution is 0.259. The zero-order valence-electron chi connectivity index (χ0n) is 15.5. The summed E-state index contributed by atoms with van der Waals surface area (Å²) in [6.07, 6.45) is 4.12. The molecule has 4 rings (SSSR count). The van der Waals surface area contributed by atoms with Crippen LogP contribution >= 0.6 is 0 Å². The minimum atomic E-state index is -0.437. The van der Waals surface area contributed by atoms with Crippen LogP contribution in [0.5, 0.6) is 5.75 Å². The van der Waals surface area contributed by atoms with Gasteiger partial charge in [0.15, 0.2) is 17.8 Å². The van der Waals surface area contributed by atoms with E-state index in [0.717, 1.165) is 0 Å². The van der Waals surface area contributed by atoms with Gasteiger partial charge in [-0.1, -0.05) is 6.07 Å². The molecule has 4 aromatic rings. The maximum Gasteiger partial charge on any atom is 0.181 e. The summed E-state index contributed by atoms with van der Waals surface area (Å²) in [6.45, 7) is 3.74. The van der Waals surface area contributed by atoms with Crippen molar-refractivity contribution in [1.82, 2.24) is 19.7 Å². The van der Waals surface area contributed by atoms with E-state index in [0.29, 0.717) is 39.4 Å². The van der Waals surface area contributed by atoms with Crippen LogP contribution in [0.25, 0.3) is 22.5 Å². The van der Waals surface area contributed by atoms with Crippen LogP contribution in [0.3, 0.4) is 0 Å². The molecule has 0 fully saturated rings. The smallest absolute Gasteiger partial charge is 0.181 e. The lowest BCUT2D eigenvalue weighted by Crippen LogP contribution is -2.09. The molecular weight excluding hydrogens is 363 g/mol. The van der Waals surface area contributed by atoms with Crippen LogP contribution in [-0.4, -0.2) is 24.9 Å². The number of pyridine rings is 1. The maximum absolute atomic E-state index is 14.4. The van der Waals surface area contributed by atoms with E-state index < -0.39 is 5.82 Å². The average Bonchev–Trinajstić information content (AvgIpc) is 3.32. The number of hydrogen-bond acceptors (Lipinski definition) is 6. The van der Waals surface area contributed by atoms with Gasteiger partial charge in [-0.25, -0.2) is 9.37 Å². The second-order valence-electron chi connectivity index (χ2n) is 6.58. The van der Waals surface area contributed by atoms with E-state index >= 15 is 0 Å². The van der Waals surface area contributed by atoms with Crippen molar-refractivity contribution in [2.45, 2.75) is 33.1 Å². The van der Waals surface area contributed by atoms with Gasteiger partial charge in [-0.05, 0) is 32.0 Å². The number of halogens is 1. The Morgan fingerprint density at radius 2 is 2.11 bits per heavy atom. The molecule has 0 amide bonds. The predicted octanol–water partition coefficient (Wildman–Crippen LogP) is 3.88. The normalized spacial score (nSPS) is 11.5. The van der Waals surface area contributed by atoms with Gasteiger partial charge in [0.25, 0.3) is 0 Å². The SMILES string of the molecule is CC(C)n1ncc(F)c1-c1ncccc1COc1ccc2ncoc2c1CO. The molecule has 0 spiro atoms. The van der Waals surface area contributed by atoms with E-state index in [1.807, 2.05) is 19.9 Å². The minimum absolute atomic E-state index is 0.0230. The molecule has 7 nitrogen and oxygen atoms in total. The molecule has 0 bridgehead atoms. The Bertz CT molecular complexity index is 1120. The quantitative estimate of drug-likeness (QED) is 0.545. The van der Waals surface area contributed by atoms with Crippen LogP contribution in [0, 0.1) is 5.82 Å². The molecule has 0 aliphatic heterocycles. The molecule has 0 saturated carbocycles. The highest BCUT2D eigenvalue weighted by atomic mass is 19.1. The Balaban J connectivity index is 1.69. The molecular formula is C20H19FN4O3. The standard InChI is InChI=1S/C20H19FN4O3/c1-12(2)25-19(15(21)8-24-25)18-13(4-3-7-22-18)10-27-17-6-5-16-20(14(17)9-26)28-11-23-16/h3-8,11-12,26H,9-10H2,1-2H3. The average molecular weight is 382 g/mol. The van der Waals surface area contributed by atoms with E-state index in [9.17, 15) is 9.50 Å². The summed E-state index contributed by atoms with van der Waals surface area (Å²) in [5, 5.41) is 13.8. The van der Waals surface area contributed by atoms with Crippen molar-refractivity contribution in [1.29, 1.82) is 0 Å². The topological polar surface area (TPSA) is 86.2 Å². The lowest BCUT2D eigenvalue weighted by atomic mass is 10.1. The third-order valence-corrected chi connectivity index (χ3v) is 4.46. The molecule has 8 heteroatoms. The van der Waals surface area contributed by atoms with Crippen LogP contribution in [0.4, 0.5) is 4.39 Å². The van der Waals surface area contributed by atoms with Crippen LogP contribution in [-0.2, 0) is 13.2 Å². The van der Waals surface area contributed by atoms with Gasteiger partial charge in [0.2, 0.25) is 0 Å². The highest BCUT2D eigenvalue weighted by Crippen LogP contribution is 2.30. The van der Waals surface area contributed by atoms with E-state index in [1.165, 1.54) is 12.6 Å². The number of fused-ring (bicyclic) bond motifs is 1. The molecule has 0 unspecified atom stereocenters. The summed E-state index contributed by atoms with van der Waals surface area (Å²) < 4.78 is 27.3. The molecule has 1 N–H and O–H groups in total. The Labute approximate surface area is 160 Å². The fraction of sp³-hybridized carbons (Fsp3) is 0.250. The number of hydrogen-bond donors (Lipinski definition) is 1. The van der Waals surface area contributed by atoms with Crippen molar-refractivity contribution in [3.05, 3.63) is 60.0 Å². The summed E-state index contributed by atoms with van der Waals surface area (Å²) >= 11 is 0. The van der Waals surface area contributed by atoms with Crippen molar-refractivity contribution in [2.24, 2.45) is 0 Å². The fourth-order valence-electron chi connectivity index (χ4n) is 3.13. The Morgan fingerprint density at radius 1 is 1.25 bits per heavy atom. The minimum Gasteiger partial charge on any atom is -0.488 e. The number of aliphatic hydroxyl groups is 1. The van der Waals surface area contributed by atoms with E-state index in [1.54, 1.807) is 29.1 Å². The number of benzene rings is 1. The van der Waals surface area contributed by atoms with Crippen molar-refractivity contribution in [3.8, 4) is 17.1 Å². The summed E-state index contributed by atoms with van der Waals surface area (Å²) in [5.41, 5.74) is 3.13. The summed E-state index contributed by atoms with van der Waals surface area (Å²) in [4.78, 5) is 8.44. The first kappa shape index (κ1) is 18.1. The van der Waals surface area contributed by atoms with Gasteiger partial charge in [0.1, 0.15) is 23.6 Å². The third-order valence-electron chi connectivity index (χ3n) is 4.46. The second-order valence-corrected chi connectivity index (χ2v) is 6.58. The highest BCUT2D eigenvalue weighted by Gasteiger charge is 2.20. The number of aliphatic hydroxyl groups excluding tert-OH is 1. The third kappa shape index (κ3) is 3.11. The second kappa shape index (κ2) is 7.40. The summed E-state index contributed by atoms with van der Waals surface area (Å²) in [6, 6.07) is 7.05. The molecule has 0 radical (unpaired) electrons. The lowest BCUT2D eigenvalue weighted by Gasteiger charge is -2.15. The van der Waals surface area contributed by atoms with Crippen LogP contribution in [0.1, 0.15) is 31.0 Å². The van der Waals surface area contributed by atoms with Gasteiger partial charge in [-0.3, -0.25) is 9.67 Å². The number of ether oxygens (including phenoxy) is 1. The molecule has 3 aromatic heterocycles. The number of oxazole rings is 1. The van der Waals surface area contributed by atoms with E-state index in [4.69, 9.17) is 9.15 Å². The molecule has 28 heavy (non-hydrogen) atoms. The molecule has 3 heterocycles. The first-order valence-corrected chi connectivity index (χ1v) is 8.86. The summed E-state index contributed by atoms with van der Waals surface area (Å²) in [7, 11) is 0. The van der Waals surface area contributed by atoms with Gasteiger partial charge in [0.05, 0.1) is 24.1 Å². The molecule has 0 saturated heterocycles. The first-order chi connectivity index (χ1) is 13.6. The Morgan fingerprint density at radius 3 is 2.89 bits per heavy atom. The number of rotatable bonds is 6. The number of nitrogens with zero attached hydrogens (tertiary/aromatic N) is 4. The van der Waals surface area contributed by atoms with Gasteiger partial charge in [-0.2, -0.15) is 5.10 Å². The van der Waals surface area contributed by atoms with Gasteiger partial charge in [0, 0.05) is 17.8 Å². The Hall–Kier alpha value is -3.26. The maximum atomic E-state index is 14.4. The zero-order chi connectivity index (χ0) is 19.7. The molecule has 0 aliphatic rings. The summed E-state index contributed by atoms with van der Waals surface area (Å²) in [5.74, 6) is 0.0344. The van der Waals surface area contributed by atoms with Crippen molar-refractivity contribution >= 4 is 11.1 Å². The van der Waals surface area contributed by atoms with Gasteiger partial charge in [-0.15, -0.1) is 0 Å². The van der Waals surface area contributed by atoms with E-state index in [2.05, 4.69) is 15.1 Å². The zero-order valence-corrected chi connectivity index (χ0v) is 15.5. The molecule has 0 aliphatic carbocycles. The molecule has 144 valence electrons. The van der Waals surface area contributed by atoms with Crippen molar-refractivity contribution < 1.29 is 18.7 Å². The van der Waals surface area contributed by atoms with Crippen molar-refractivity contribution in [3.63, 3.8) is 0 Å². The predicted molar refractivity (Wildman–Crippen MR) is 100 cm³/mol.